The van der Waals surface area contributed by atoms with E-state index in [1.807, 2.05) is 0 Å². The van der Waals surface area contributed by atoms with Crippen molar-refractivity contribution in [3.05, 3.63) is 72.3 Å². The number of benzene rings is 2. The molecule has 0 aromatic heterocycles. The van der Waals surface area contributed by atoms with Crippen LogP contribution in [0.4, 0.5) is 0 Å². The SMILES string of the molecule is C=C.CC(N)O.COc1ccccc1OCC(O)(O)CN.Cc1cccc(C)c1CN. The van der Waals surface area contributed by atoms with E-state index in [1.54, 1.807) is 24.3 Å². The first-order chi connectivity index (χ1) is 14.6. The fraction of sp³-hybridized carbons (Fsp3) is 0.391. The number of rotatable bonds is 6. The molecule has 1 atom stereocenters. The lowest BCUT2D eigenvalue weighted by atomic mass is 10.0. The Morgan fingerprint density at radius 3 is 1.77 bits per heavy atom. The summed E-state index contributed by atoms with van der Waals surface area (Å²) >= 11 is 0. The number of para-hydroxylation sites is 2. The standard InChI is InChI=1S/C10H15NO4.C9H13N.C2H7NO.C2H4/c1-14-8-4-2-3-5-9(8)15-7-10(12,13)6-11;1-7-4-3-5-8(2)9(7)6-10;1-2(3)4;1-2/h2-5,12-13H,6-7,11H2,1H3;3-5H,6,10H2,1-2H3;2,4H,3H2,1H3;1-2H2. The molecule has 2 aromatic rings. The van der Waals surface area contributed by atoms with Gasteiger partial charge in [0.25, 0.3) is 0 Å². The number of hydrogen-bond donors (Lipinski definition) is 6. The van der Waals surface area contributed by atoms with Crippen LogP contribution in [0, 0.1) is 13.8 Å². The number of nitrogens with two attached hydrogens (primary N) is 3. The lowest BCUT2D eigenvalue weighted by Crippen LogP contribution is -2.43. The first-order valence-corrected chi connectivity index (χ1v) is 9.67. The highest BCUT2D eigenvalue weighted by Crippen LogP contribution is 2.26. The summed E-state index contributed by atoms with van der Waals surface area (Å²) in [6.45, 7) is 11.7. The molecule has 0 heterocycles. The average Bonchev–Trinajstić information content (AvgIpc) is 2.74. The van der Waals surface area contributed by atoms with Crippen LogP contribution in [0.2, 0.25) is 0 Å². The number of methoxy groups -OCH3 is 1. The Labute approximate surface area is 185 Å². The molecule has 0 bridgehead atoms. The lowest BCUT2D eigenvalue weighted by molar-refractivity contribution is -0.172. The van der Waals surface area contributed by atoms with Crippen LogP contribution in [-0.2, 0) is 6.54 Å². The van der Waals surface area contributed by atoms with Gasteiger partial charge in [0.15, 0.2) is 11.5 Å². The van der Waals surface area contributed by atoms with Gasteiger partial charge in [0, 0.05) is 6.54 Å². The molecule has 0 radical (unpaired) electrons. The molecule has 0 fully saturated rings. The van der Waals surface area contributed by atoms with E-state index in [1.165, 1.54) is 30.7 Å². The molecule has 1 unspecified atom stereocenters. The summed E-state index contributed by atoms with van der Waals surface area (Å²) < 4.78 is 10.2. The fourth-order valence-electron chi connectivity index (χ4n) is 2.16. The van der Waals surface area contributed by atoms with E-state index in [2.05, 4.69) is 50.9 Å². The van der Waals surface area contributed by atoms with Gasteiger partial charge in [-0.1, -0.05) is 30.3 Å². The lowest BCUT2D eigenvalue weighted by Gasteiger charge is -2.20. The van der Waals surface area contributed by atoms with Gasteiger partial charge in [-0.3, -0.25) is 0 Å². The van der Waals surface area contributed by atoms with E-state index >= 15 is 0 Å². The topological polar surface area (TPSA) is 157 Å². The monoisotopic (exact) mass is 437 g/mol. The summed E-state index contributed by atoms with van der Waals surface area (Å²) in [5.41, 5.74) is 19.2. The van der Waals surface area contributed by atoms with Crippen molar-refractivity contribution in [2.24, 2.45) is 17.2 Å². The molecule has 8 heteroatoms. The van der Waals surface area contributed by atoms with Crippen molar-refractivity contribution in [1.29, 1.82) is 0 Å². The van der Waals surface area contributed by atoms with Gasteiger partial charge < -0.3 is 42.0 Å². The fourth-order valence-corrected chi connectivity index (χ4v) is 2.16. The van der Waals surface area contributed by atoms with Crippen molar-refractivity contribution in [3.63, 3.8) is 0 Å². The second-order valence-electron chi connectivity index (χ2n) is 6.44. The maximum Gasteiger partial charge on any atom is 0.210 e. The van der Waals surface area contributed by atoms with Crippen LogP contribution in [0.3, 0.4) is 0 Å². The Morgan fingerprint density at radius 2 is 1.42 bits per heavy atom. The summed E-state index contributed by atoms with van der Waals surface area (Å²) in [6.07, 6.45) is -0.667. The minimum Gasteiger partial charge on any atom is -0.493 e. The number of aliphatic hydroxyl groups excluding tert-OH is 1. The van der Waals surface area contributed by atoms with Crippen LogP contribution >= 0.6 is 0 Å². The van der Waals surface area contributed by atoms with Crippen molar-refractivity contribution < 1.29 is 24.8 Å². The van der Waals surface area contributed by atoms with Crippen LogP contribution in [0.25, 0.3) is 0 Å². The molecule has 0 saturated heterocycles. The first-order valence-electron chi connectivity index (χ1n) is 9.67. The Balaban J connectivity index is 0. The number of aliphatic hydroxyl groups is 3. The third-order valence-electron chi connectivity index (χ3n) is 3.70. The van der Waals surface area contributed by atoms with Crippen LogP contribution < -0.4 is 26.7 Å². The molecule has 9 N–H and O–H groups in total. The third-order valence-corrected chi connectivity index (χ3v) is 3.70. The van der Waals surface area contributed by atoms with Gasteiger partial charge in [-0.15, -0.1) is 13.2 Å². The maximum atomic E-state index is 9.21. The van der Waals surface area contributed by atoms with Crippen molar-refractivity contribution in [2.75, 3.05) is 20.3 Å². The second-order valence-corrected chi connectivity index (χ2v) is 6.44. The van der Waals surface area contributed by atoms with Gasteiger partial charge in [0.2, 0.25) is 5.79 Å². The van der Waals surface area contributed by atoms with Crippen LogP contribution in [-0.4, -0.2) is 47.6 Å². The summed E-state index contributed by atoms with van der Waals surface area (Å²) in [5, 5.41) is 26.3. The van der Waals surface area contributed by atoms with Crippen molar-refractivity contribution in [3.8, 4) is 11.5 Å². The molecule has 0 aliphatic rings. The normalized spacial score (nSPS) is 10.8. The highest BCUT2D eigenvalue weighted by atomic mass is 16.6. The molecule has 0 amide bonds. The van der Waals surface area contributed by atoms with Crippen molar-refractivity contribution >= 4 is 0 Å². The molecule has 0 aliphatic heterocycles. The molecular formula is C23H39N3O5. The Kier molecular flexibility index (Phi) is 17.1. The quantitative estimate of drug-likeness (QED) is 0.293. The Morgan fingerprint density at radius 1 is 0.968 bits per heavy atom. The van der Waals surface area contributed by atoms with E-state index in [0.29, 0.717) is 18.0 Å². The van der Waals surface area contributed by atoms with E-state index in [0.717, 1.165) is 0 Å². The number of aryl methyl sites for hydroxylation is 2. The number of hydrogen-bond acceptors (Lipinski definition) is 8. The zero-order valence-corrected chi connectivity index (χ0v) is 19.0. The third kappa shape index (κ3) is 14.2. The van der Waals surface area contributed by atoms with E-state index in [9.17, 15) is 10.2 Å². The smallest absolute Gasteiger partial charge is 0.210 e. The van der Waals surface area contributed by atoms with Crippen LogP contribution in [0.1, 0.15) is 23.6 Å². The average molecular weight is 438 g/mol. The van der Waals surface area contributed by atoms with Crippen LogP contribution in [0.5, 0.6) is 11.5 Å². The molecule has 0 saturated carbocycles. The van der Waals surface area contributed by atoms with Crippen molar-refractivity contribution in [1.82, 2.24) is 0 Å². The first kappa shape index (κ1) is 30.7. The summed E-state index contributed by atoms with van der Waals surface area (Å²) in [5.74, 6) is -1.04. The minimum absolute atomic E-state index is 0.290. The second kappa shape index (κ2) is 17.2. The summed E-state index contributed by atoms with van der Waals surface area (Å²) in [7, 11) is 1.51. The molecule has 2 aromatic carbocycles. The maximum absolute atomic E-state index is 9.21. The Bertz CT molecular complexity index is 701. The molecular weight excluding hydrogens is 398 g/mol. The largest absolute Gasteiger partial charge is 0.493 e. The van der Waals surface area contributed by atoms with E-state index in [-0.39, 0.29) is 13.2 Å². The zero-order chi connectivity index (χ0) is 24.4. The molecule has 0 aliphatic carbocycles. The van der Waals surface area contributed by atoms with Gasteiger partial charge >= 0.3 is 0 Å². The Hall–Kier alpha value is -2.46. The summed E-state index contributed by atoms with van der Waals surface area (Å²) in [4.78, 5) is 0. The highest BCUT2D eigenvalue weighted by Gasteiger charge is 2.22. The minimum atomic E-state index is -2.01. The molecule has 0 spiro atoms. The van der Waals surface area contributed by atoms with Gasteiger partial charge in [-0.25, -0.2) is 0 Å². The number of ether oxygens (including phenoxy) is 2. The van der Waals surface area contributed by atoms with Gasteiger partial charge in [0.05, 0.1) is 19.9 Å². The molecule has 8 nitrogen and oxygen atoms in total. The van der Waals surface area contributed by atoms with Gasteiger partial charge in [0.1, 0.15) is 6.61 Å². The molecule has 176 valence electrons. The van der Waals surface area contributed by atoms with E-state index < -0.39 is 12.0 Å². The zero-order valence-electron chi connectivity index (χ0n) is 19.0. The van der Waals surface area contributed by atoms with Crippen LogP contribution in [0.15, 0.2) is 55.6 Å². The predicted molar refractivity (Wildman–Crippen MR) is 126 cm³/mol. The van der Waals surface area contributed by atoms with Gasteiger partial charge in [-0.2, -0.15) is 0 Å². The van der Waals surface area contributed by atoms with Gasteiger partial charge in [-0.05, 0) is 49.6 Å². The van der Waals surface area contributed by atoms with E-state index in [4.69, 9.17) is 26.0 Å². The molecule has 2 rings (SSSR count). The summed E-state index contributed by atoms with van der Waals surface area (Å²) in [6, 6.07) is 13.2. The highest BCUT2D eigenvalue weighted by molar-refractivity contribution is 5.39. The predicted octanol–water partition coefficient (Wildman–Crippen LogP) is 1.56. The van der Waals surface area contributed by atoms with Crippen molar-refractivity contribution in [2.45, 2.75) is 39.3 Å². The molecule has 31 heavy (non-hydrogen) atoms.